The molecule has 0 saturated heterocycles. The van der Waals surface area contributed by atoms with Gasteiger partial charge in [-0.3, -0.25) is 9.59 Å². The smallest absolute Gasteiger partial charge is 0.323 e. The molecule has 0 saturated carbocycles. The largest absolute Gasteiger partial charge is 0.493 e. The molecule has 1 aromatic carbocycles. The molecule has 0 aliphatic rings. The molecule has 1 aromatic rings. The second-order valence-corrected chi connectivity index (χ2v) is 6.04. The molecule has 0 unspecified atom stereocenters. The van der Waals surface area contributed by atoms with E-state index in [-0.39, 0.29) is 25.5 Å². The molecule has 0 atom stereocenters. The van der Waals surface area contributed by atoms with E-state index in [1.54, 1.807) is 45.0 Å². The standard InChI is InChI=1S/C15H20ClNO4/c1-15(2,3)17(10-14(19)20)13(18)7-8-21-12-6-4-5-11(16)9-12/h4-6,9H,7-8,10H2,1-3H3,(H,19,20). The zero-order valence-electron chi connectivity index (χ0n) is 12.4. The molecule has 0 bridgehead atoms. The summed E-state index contributed by atoms with van der Waals surface area (Å²) in [5, 5.41) is 9.45. The highest BCUT2D eigenvalue weighted by Crippen LogP contribution is 2.18. The minimum Gasteiger partial charge on any atom is -0.493 e. The van der Waals surface area contributed by atoms with Crippen molar-refractivity contribution in [3.8, 4) is 5.75 Å². The normalized spacial score (nSPS) is 11.0. The summed E-state index contributed by atoms with van der Waals surface area (Å²) >= 11 is 5.83. The monoisotopic (exact) mass is 313 g/mol. The van der Waals surface area contributed by atoms with Crippen LogP contribution in [0.2, 0.25) is 5.02 Å². The van der Waals surface area contributed by atoms with Crippen LogP contribution in [-0.4, -0.2) is 40.6 Å². The number of rotatable bonds is 6. The van der Waals surface area contributed by atoms with Crippen molar-refractivity contribution in [3.05, 3.63) is 29.3 Å². The second kappa shape index (κ2) is 7.31. The van der Waals surface area contributed by atoms with E-state index in [1.807, 2.05) is 0 Å². The predicted octanol–water partition coefficient (Wildman–Crippen LogP) is 2.82. The first-order chi connectivity index (χ1) is 9.70. The molecule has 21 heavy (non-hydrogen) atoms. The second-order valence-electron chi connectivity index (χ2n) is 5.60. The molecule has 0 spiro atoms. The first-order valence-corrected chi connectivity index (χ1v) is 6.98. The van der Waals surface area contributed by atoms with Crippen LogP contribution in [0.1, 0.15) is 27.2 Å². The third-order valence-electron chi connectivity index (χ3n) is 2.78. The number of nitrogens with zero attached hydrogens (tertiary/aromatic N) is 1. The maximum absolute atomic E-state index is 12.1. The van der Waals surface area contributed by atoms with Gasteiger partial charge in [-0.1, -0.05) is 17.7 Å². The van der Waals surface area contributed by atoms with Gasteiger partial charge in [0.05, 0.1) is 13.0 Å². The summed E-state index contributed by atoms with van der Waals surface area (Å²) in [5.41, 5.74) is -0.550. The maximum Gasteiger partial charge on any atom is 0.323 e. The molecule has 6 heteroatoms. The predicted molar refractivity (Wildman–Crippen MR) is 80.7 cm³/mol. The SMILES string of the molecule is CC(C)(C)N(CC(=O)O)C(=O)CCOc1cccc(Cl)c1. The van der Waals surface area contributed by atoms with Crippen molar-refractivity contribution < 1.29 is 19.4 Å². The lowest BCUT2D eigenvalue weighted by molar-refractivity contribution is -0.148. The van der Waals surface area contributed by atoms with Crippen molar-refractivity contribution in [2.24, 2.45) is 0 Å². The number of hydrogen-bond acceptors (Lipinski definition) is 3. The number of halogens is 1. The van der Waals surface area contributed by atoms with Crippen LogP contribution in [0.15, 0.2) is 24.3 Å². The summed E-state index contributed by atoms with van der Waals surface area (Å²) in [6.45, 7) is 5.24. The van der Waals surface area contributed by atoms with Crippen LogP contribution in [0.5, 0.6) is 5.75 Å². The third kappa shape index (κ3) is 6.04. The van der Waals surface area contributed by atoms with E-state index in [9.17, 15) is 9.59 Å². The molecule has 1 rings (SSSR count). The lowest BCUT2D eigenvalue weighted by atomic mass is 10.1. The van der Waals surface area contributed by atoms with E-state index in [2.05, 4.69) is 0 Å². The number of carboxylic acids is 1. The number of benzene rings is 1. The molecule has 0 aliphatic carbocycles. The number of amides is 1. The van der Waals surface area contributed by atoms with Crippen LogP contribution in [0.4, 0.5) is 0 Å². The lowest BCUT2D eigenvalue weighted by Gasteiger charge is -2.34. The zero-order chi connectivity index (χ0) is 16.0. The molecule has 1 amide bonds. The number of carbonyl (C=O) groups excluding carboxylic acids is 1. The fourth-order valence-electron chi connectivity index (χ4n) is 1.78. The van der Waals surface area contributed by atoms with Crippen molar-refractivity contribution >= 4 is 23.5 Å². The number of hydrogen-bond donors (Lipinski definition) is 1. The highest BCUT2D eigenvalue weighted by Gasteiger charge is 2.27. The molecule has 0 heterocycles. The molecule has 1 N–H and O–H groups in total. The van der Waals surface area contributed by atoms with E-state index in [4.69, 9.17) is 21.4 Å². The fourth-order valence-corrected chi connectivity index (χ4v) is 1.96. The zero-order valence-corrected chi connectivity index (χ0v) is 13.2. The Labute approximate surface area is 129 Å². The van der Waals surface area contributed by atoms with Crippen molar-refractivity contribution in [1.82, 2.24) is 4.90 Å². The van der Waals surface area contributed by atoms with Crippen LogP contribution in [0.3, 0.4) is 0 Å². The summed E-state index contributed by atoms with van der Waals surface area (Å²) < 4.78 is 5.45. The van der Waals surface area contributed by atoms with Gasteiger partial charge in [0.1, 0.15) is 12.3 Å². The molecule has 0 aromatic heterocycles. The highest BCUT2D eigenvalue weighted by molar-refractivity contribution is 6.30. The number of carboxylic acid groups (broad SMARTS) is 1. The minimum atomic E-state index is -1.03. The van der Waals surface area contributed by atoms with Gasteiger partial charge < -0.3 is 14.7 Å². The lowest BCUT2D eigenvalue weighted by Crippen LogP contribution is -2.48. The summed E-state index contributed by atoms with van der Waals surface area (Å²) in [6, 6.07) is 6.89. The molecule has 5 nitrogen and oxygen atoms in total. The Balaban J connectivity index is 2.56. The van der Waals surface area contributed by atoms with Gasteiger partial charge in [-0.25, -0.2) is 0 Å². The summed E-state index contributed by atoms with van der Waals surface area (Å²) in [6.07, 6.45) is 0.108. The van der Waals surface area contributed by atoms with Crippen molar-refractivity contribution in [3.63, 3.8) is 0 Å². The van der Waals surface area contributed by atoms with Crippen molar-refractivity contribution in [2.75, 3.05) is 13.2 Å². The molecule has 0 radical (unpaired) electrons. The van der Waals surface area contributed by atoms with Gasteiger partial charge in [0, 0.05) is 10.6 Å². The van der Waals surface area contributed by atoms with E-state index in [1.165, 1.54) is 4.90 Å². The van der Waals surface area contributed by atoms with Gasteiger partial charge in [-0.05, 0) is 39.0 Å². The first-order valence-electron chi connectivity index (χ1n) is 6.61. The van der Waals surface area contributed by atoms with Gasteiger partial charge in [0.25, 0.3) is 0 Å². The Morgan fingerprint density at radius 2 is 2.00 bits per heavy atom. The Hall–Kier alpha value is -1.75. The van der Waals surface area contributed by atoms with Crippen molar-refractivity contribution in [2.45, 2.75) is 32.7 Å². The number of ether oxygens (including phenoxy) is 1. The van der Waals surface area contributed by atoms with Gasteiger partial charge in [0.2, 0.25) is 5.91 Å². The van der Waals surface area contributed by atoms with Gasteiger partial charge in [0.15, 0.2) is 0 Å². The van der Waals surface area contributed by atoms with Crippen LogP contribution >= 0.6 is 11.6 Å². The molecule has 116 valence electrons. The average Bonchev–Trinajstić information content (AvgIpc) is 2.34. The number of carbonyl (C=O) groups is 2. The Kier molecular flexibility index (Phi) is 6.03. The van der Waals surface area contributed by atoms with Crippen LogP contribution in [0, 0.1) is 0 Å². The Bertz CT molecular complexity index is 511. The molecular formula is C15H20ClNO4. The van der Waals surface area contributed by atoms with Gasteiger partial charge in [-0.15, -0.1) is 0 Å². The van der Waals surface area contributed by atoms with Crippen LogP contribution < -0.4 is 4.74 Å². The molecular weight excluding hydrogens is 294 g/mol. The summed E-state index contributed by atoms with van der Waals surface area (Å²) in [5.74, 6) is -0.711. The van der Waals surface area contributed by atoms with E-state index >= 15 is 0 Å². The van der Waals surface area contributed by atoms with E-state index in [0.29, 0.717) is 10.8 Å². The first kappa shape index (κ1) is 17.3. The summed E-state index contributed by atoms with van der Waals surface area (Å²) in [7, 11) is 0. The maximum atomic E-state index is 12.1. The Morgan fingerprint density at radius 3 is 2.52 bits per heavy atom. The van der Waals surface area contributed by atoms with Crippen LogP contribution in [-0.2, 0) is 9.59 Å². The van der Waals surface area contributed by atoms with Gasteiger partial charge >= 0.3 is 5.97 Å². The quantitative estimate of drug-likeness (QED) is 0.877. The number of aliphatic carboxylic acids is 1. The van der Waals surface area contributed by atoms with E-state index in [0.717, 1.165) is 0 Å². The highest BCUT2D eigenvalue weighted by atomic mass is 35.5. The topological polar surface area (TPSA) is 66.8 Å². The fraction of sp³-hybridized carbons (Fsp3) is 0.467. The molecule has 0 fully saturated rings. The average molecular weight is 314 g/mol. The van der Waals surface area contributed by atoms with Crippen LogP contribution in [0.25, 0.3) is 0 Å². The minimum absolute atomic E-state index is 0.108. The molecule has 0 aliphatic heterocycles. The van der Waals surface area contributed by atoms with E-state index < -0.39 is 11.5 Å². The van der Waals surface area contributed by atoms with Gasteiger partial charge in [-0.2, -0.15) is 0 Å². The van der Waals surface area contributed by atoms with Crippen molar-refractivity contribution in [1.29, 1.82) is 0 Å². The summed E-state index contributed by atoms with van der Waals surface area (Å²) in [4.78, 5) is 24.3. The third-order valence-corrected chi connectivity index (χ3v) is 3.02. The Morgan fingerprint density at radius 1 is 1.33 bits per heavy atom.